The summed E-state index contributed by atoms with van der Waals surface area (Å²) in [7, 11) is 1.67. The van der Waals surface area contributed by atoms with Crippen molar-refractivity contribution in [1.82, 2.24) is 0 Å². The van der Waals surface area contributed by atoms with Crippen LogP contribution >= 0.6 is 11.6 Å². The molecule has 0 aliphatic rings. The lowest BCUT2D eigenvalue weighted by Gasteiger charge is -2.17. The molecule has 0 aliphatic heterocycles. The molecule has 0 spiro atoms. The van der Waals surface area contributed by atoms with E-state index in [1.807, 2.05) is 24.3 Å². The summed E-state index contributed by atoms with van der Waals surface area (Å²) in [6.45, 7) is 3.33. The van der Waals surface area contributed by atoms with E-state index in [9.17, 15) is 0 Å². The lowest BCUT2D eigenvalue weighted by atomic mass is 9.92. The molecule has 0 radical (unpaired) electrons. The number of hydrogen-bond donors (Lipinski definition) is 1. The fourth-order valence-corrected chi connectivity index (χ4v) is 2.76. The van der Waals surface area contributed by atoms with Gasteiger partial charge in [0.2, 0.25) is 0 Å². The Morgan fingerprint density at radius 2 is 1.87 bits per heavy atom. The SMILES string of the molecule is CCCOc1ccc(CC(CN)c2ccc(OC)cc2)cc1Cl. The third-order valence-electron chi connectivity index (χ3n) is 3.81. The van der Waals surface area contributed by atoms with Gasteiger partial charge in [-0.3, -0.25) is 0 Å². The van der Waals surface area contributed by atoms with Crippen molar-refractivity contribution >= 4 is 11.6 Å². The summed E-state index contributed by atoms with van der Waals surface area (Å²) in [6.07, 6.45) is 1.81. The number of ether oxygens (including phenoxy) is 2. The molecule has 2 aromatic carbocycles. The van der Waals surface area contributed by atoms with Crippen molar-refractivity contribution in [2.75, 3.05) is 20.3 Å². The fourth-order valence-electron chi connectivity index (χ4n) is 2.50. The molecule has 1 unspecified atom stereocenters. The number of rotatable bonds is 8. The Bertz CT molecular complexity index is 613. The molecular formula is C19H24ClNO2. The van der Waals surface area contributed by atoms with E-state index >= 15 is 0 Å². The highest BCUT2D eigenvalue weighted by Crippen LogP contribution is 2.29. The van der Waals surface area contributed by atoms with Gasteiger partial charge in [-0.25, -0.2) is 0 Å². The molecule has 0 heterocycles. The molecule has 124 valence electrons. The van der Waals surface area contributed by atoms with Crippen LogP contribution in [0.4, 0.5) is 0 Å². The van der Waals surface area contributed by atoms with Crippen LogP contribution in [0, 0.1) is 0 Å². The third kappa shape index (κ3) is 4.88. The van der Waals surface area contributed by atoms with Crippen LogP contribution in [-0.4, -0.2) is 20.3 Å². The molecule has 4 heteroatoms. The van der Waals surface area contributed by atoms with Gasteiger partial charge < -0.3 is 15.2 Å². The summed E-state index contributed by atoms with van der Waals surface area (Å²) in [4.78, 5) is 0. The van der Waals surface area contributed by atoms with Gasteiger partial charge >= 0.3 is 0 Å². The molecule has 0 saturated heterocycles. The van der Waals surface area contributed by atoms with Crippen molar-refractivity contribution in [3.63, 3.8) is 0 Å². The van der Waals surface area contributed by atoms with Crippen LogP contribution in [-0.2, 0) is 6.42 Å². The summed E-state index contributed by atoms with van der Waals surface area (Å²) in [6, 6.07) is 14.0. The van der Waals surface area contributed by atoms with Gasteiger partial charge in [0.05, 0.1) is 18.7 Å². The molecular weight excluding hydrogens is 310 g/mol. The van der Waals surface area contributed by atoms with Crippen LogP contribution in [0.3, 0.4) is 0 Å². The quantitative estimate of drug-likeness (QED) is 0.777. The highest BCUT2D eigenvalue weighted by atomic mass is 35.5. The maximum atomic E-state index is 6.30. The summed E-state index contributed by atoms with van der Waals surface area (Å²) in [5, 5.41) is 0.654. The van der Waals surface area contributed by atoms with Crippen LogP contribution in [0.2, 0.25) is 5.02 Å². The van der Waals surface area contributed by atoms with Gasteiger partial charge in [0.1, 0.15) is 11.5 Å². The van der Waals surface area contributed by atoms with E-state index in [1.54, 1.807) is 7.11 Å². The molecule has 0 aromatic heterocycles. The van der Waals surface area contributed by atoms with Gasteiger partial charge in [-0.1, -0.05) is 36.7 Å². The zero-order chi connectivity index (χ0) is 16.7. The molecule has 0 bridgehead atoms. The average Bonchev–Trinajstić information content (AvgIpc) is 2.59. The maximum absolute atomic E-state index is 6.30. The van der Waals surface area contributed by atoms with Crippen LogP contribution in [0.25, 0.3) is 0 Å². The van der Waals surface area contributed by atoms with Crippen molar-refractivity contribution in [3.8, 4) is 11.5 Å². The van der Waals surface area contributed by atoms with E-state index in [4.69, 9.17) is 26.8 Å². The van der Waals surface area contributed by atoms with E-state index in [0.29, 0.717) is 18.2 Å². The predicted octanol–water partition coefficient (Wildman–Crippen LogP) is 4.42. The first kappa shape index (κ1) is 17.6. The normalized spacial score (nSPS) is 12.0. The summed E-state index contributed by atoms with van der Waals surface area (Å²) < 4.78 is 10.8. The highest BCUT2D eigenvalue weighted by Gasteiger charge is 2.12. The Morgan fingerprint density at radius 3 is 2.43 bits per heavy atom. The third-order valence-corrected chi connectivity index (χ3v) is 4.11. The van der Waals surface area contributed by atoms with Crippen molar-refractivity contribution < 1.29 is 9.47 Å². The molecule has 2 N–H and O–H groups in total. The van der Waals surface area contributed by atoms with Gasteiger partial charge in [0.25, 0.3) is 0 Å². The summed E-state index contributed by atoms with van der Waals surface area (Å²) in [5.74, 6) is 1.84. The van der Waals surface area contributed by atoms with Crippen molar-refractivity contribution in [1.29, 1.82) is 0 Å². The van der Waals surface area contributed by atoms with E-state index < -0.39 is 0 Å². The van der Waals surface area contributed by atoms with Crippen molar-refractivity contribution in [2.45, 2.75) is 25.7 Å². The van der Waals surface area contributed by atoms with E-state index in [0.717, 1.165) is 29.9 Å². The number of hydrogen-bond acceptors (Lipinski definition) is 3. The zero-order valence-electron chi connectivity index (χ0n) is 13.7. The first-order chi connectivity index (χ1) is 11.2. The lowest BCUT2D eigenvalue weighted by molar-refractivity contribution is 0.317. The summed E-state index contributed by atoms with van der Waals surface area (Å²) in [5.41, 5.74) is 8.33. The Kier molecular flexibility index (Phi) is 6.75. The molecule has 1 atom stereocenters. The highest BCUT2D eigenvalue weighted by molar-refractivity contribution is 6.32. The lowest BCUT2D eigenvalue weighted by Crippen LogP contribution is -2.15. The minimum atomic E-state index is 0.249. The van der Waals surface area contributed by atoms with Gasteiger partial charge in [-0.15, -0.1) is 0 Å². The second-order valence-electron chi connectivity index (χ2n) is 5.52. The van der Waals surface area contributed by atoms with Gasteiger partial charge in [0.15, 0.2) is 0 Å². The van der Waals surface area contributed by atoms with Crippen LogP contribution in [0.1, 0.15) is 30.4 Å². The van der Waals surface area contributed by atoms with E-state index in [2.05, 4.69) is 25.1 Å². The van der Waals surface area contributed by atoms with Crippen LogP contribution < -0.4 is 15.2 Å². The Hall–Kier alpha value is -1.71. The molecule has 2 aromatic rings. The Labute approximate surface area is 143 Å². The molecule has 2 rings (SSSR count). The van der Waals surface area contributed by atoms with Gasteiger partial charge in [0, 0.05) is 5.92 Å². The van der Waals surface area contributed by atoms with Crippen LogP contribution in [0.15, 0.2) is 42.5 Å². The Morgan fingerprint density at radius 1 is 1.13 bits per heavy atom. The number of benzene rings is 2. The topological polar surface area (TPSA) is 44.5 Å². The number of methoxy groups -OCH3 is 1. The molecule has 0 saturated carbocycles. The predicted molar refractivity (Wildman–Crippen MR) is 95.7 cm³/mol. The molecule has 0 fully saturated rings. The van der Waals surface area contributed by atoms with E-state index in [-0.39, 0.29) is 5.92 Å². The molecule has 23 heavy (non-hydrogen) atoms. The second-order valence-corrected chi connectivity index (χ2v) is 5.93. The fraction of sp³-hybridized carbons (Fsp3) is 0.368. The van der Waals surface area contributed by atoms with Gasteiger partial charge in [-0.2, -0.15) is 0 Å². The Balaban J connectivity index is 2.10. The average molecular weight is 334 g/mol. The smallest absolute Gasteiger partial charge is 0.137 e. The summed E-state index contributed by atoms with van der Waals surface area (Å²) >= 11 is 6.30. The van der Waals surface area contributed by atoms with Crippen molar-refractivity contribution in [3.05, 3.63) is 58.6 Å². The molecule has 3 nitrogen and oxygen atoms in total. The maximum Gasteiger partial charge on any atom is 0.137 e. The van der Waals surface area contributed by atoms with Gasteiger partial charge in [-0.05, 0) is 54.8 Å². The zero-order valence-corrected chi connectivity index (χ0v) is 14.5. The van der Waals surface area contributed by atoms with Crippen molar-refractivity contribution in [2.24, 2.45) is 5.73 Å². The standard InChI is InChI=1S/C19H24ClNO2/c1-3-10-23-19-9-4-14(12-18(19)20)11-16(13-21)15-5-7-17(22-2)8-6-15/h4-9,12,16H,3,10-11,13,21H2,1-2H3. The molecule has 0 amide bonds. The first-order valence-corrected chi connectivity index (χ1v) is 8.31. The minimum absolute atomic E-state index is 0.249. The monoisotopic (exact) mass is 333 g/mol. The first-order valence-electron chi connectivity index (χ1n) is 7.93. The molecule has 0 aliphatic carbocycles. The number of nitrogens with two attached hydrogens (primary N) is 1. The number of halogens is 1. The van der Waals surface area contributed by atoms with Crippen LogP contribution in [0.5, 0.6) is 11.5 Å². The van der Waals surface area contributed by atoms with E-state index in [1.165, 1.54) is 5.56 Å². The minimum Gasteiger partial charge on any atom is -0.497 e. The largest absolute Gasteiger partial charge is 0.497 e. The second kappa shape index (κ2) is 8.80.